The first-order valence-corrected chi connectivity index (χ1v) is 33.1. The predicted molar refractivity (Wildman–Crippen MR) is 321 cm³/mol. The summed E-state index contributed by atoms with van der Waals surface area (Å²) in [6, 6.07) is -0.895. The van der Waals surface area contributed by atoms with Crippen molar-refractivity contribution in [2.75, 3.05) is 40.9 Å². The summed E-state index contributed by atoms with van der Waals surface area (Å²) in [4.78, 5) is 40.0. The van der Waals surface area contributed by atoms with E-state index >= 15 is 0 Å². The van der Waals surface area contributed by atoms with Crippen molar-refractivity contribution < 1.29 is 37.3 Å². The van der Waals surface area contributed by atoms with Gasteiger partial charge in [-0.1, -0.05) is 242 Å². The van der Waals surface area contributed by atoms with Crippen LogP contribution in [0.3, 0.4) is 0 Å². The van der Waals surface area contributed by atoms with Gasteiger partial charge in [-0.3, -0.25) is 14.2 Å². The molecule has 438 valence electrons. The maximum absolute atomic E-state index is 13.5. The Labute approximate surface area is 464 Å². The van der Waals surface area contributed by atoms with Crippen LogP contribution in [0.5, 0.6) is 0 Å². The van der Waals surface area contributed by atoms with Gasteiger partial charge >= 0.3 is 5.97 Å². The second kappa shape index (κ2) is 55.0. The maximum atomic E-state index is 13.5. The highest BCUT2D eigenvalue weighted by Gasteiger charge is 2.27. The number of amides is 1. The van der Waals surface area contributed by atoms with E-state index in [1.165, 1.54) is 161 Å². The van der Waals surface area contributed by atoms with Gasteiger partial charge in [0.05, 0.1) is 33.8 Å². The highest BCUT2D eigenvalue weighted by molar-refractivity contribution is 7.45. The third-order valence-electron chi connectivity index (χ3n) is 13.9. The summed E-state index contributed by atoms with van der Waals surface area (Å²) in [5, 5.41) is 3.03. The quantitative estimate of drug-likeness (QED) is 0.0212. The average molecular weight is 1070 g/mol. The number of unbranched alkanes of at least 4 members (excludes halogenated alkanes) is 33. The van der Waals surface area contributed by atoms with Crippen LogP contribution in [0.15, 0.2) is 60.8 Å². The normalized spacial score (nSPS) is 14.1. The minimum atomic E-state index is -4.70. The molecule has 3 atom stereocenters. The molecule has 75 heavy (non-hydrogen) atoms. The first-order valence-electron chi connectivity index (χ1n) is 31.6. The molecule has 0 saturated heterocycles. The molecule has 1 N–H and O–H groups in total. The van der Waals surface area contributed by atoms with Crippen LogP contribution in [-0.2, 0) is 27.9 Å². The molecule has 0 aliphatic carbocycles. The maximum Gasteiger partial charge on any atom is 0.306 e. The minimum Gasteiger partial charge on any atom is -0.756 e. The van der Waals surface area contributed by atoms with Gasteiger partial charge in [0.15, 0.2) is 0 Å². The van der Waals surface area contributed by atoms with Crippen LogP contribution < -0.4 is 10.2 Å². The van der Waals surface area contributed by atoms with Crippen LogP contribution in [0.4, 0.5) is 0 Å². The van der Waals surface area contributed by atoms with Gasteiger partial charge in [0, 0.05) is 12.8 Å². The molecule has 0 aliphatic heterocycles. The van der Waals surface area contributed by atoms with Crippen LogP contribution in [0.25, 0.3) is 0 Å². The number of phosphoric acid groups is 1. The molecule has 0 aromatic carbocycles. The molecule has 0 bridgehead atoms. The van der Waals surface area contributed by atoms with Gasteiger partial charge in [0.2, 0.25) is 5.91 Å². The first-order chi connectivity index (χ1) is 36.4. The minimum absolute atomic E-state index is 0.0253. The number of carbonyl (C=O) groups is 2. The number of esters is 1. The van der Waals surface area contributed by atoms with Crippen LogP contribution >= 0.6 is 7.82 Å². The summed E-state index contributed by atoms with van der Waals surface area (Å²) in [6.45, 7) is 6.81. The molecule has 0 radical (unpaired) electrons. The molecule has 3 unspecified atom stereocenters. The summed E-state index contributed by atoms with van der Waals surface area (Å²) in [5.74, 6) is -0.549. The monoisotopic (exact) mass is 1070 g/mol. The molecular formula is C65H121N2O7P. The third-order valence-corrected chi connectivity index (χ3v) is 14.9. The largest absolute Gasteiger partial charge is 0.756 e. The van der Waals surface area contributed by atoms with E-state index in [0.717, 1.165) is 96.3 Å². The van der Waals surface area contributed by atoms with Crippen LogP contribution in [0.2, 0.25) is 0 Å². The average Bonchev–Trinajstić information content (AvgIpc) is 3.37. The fourth-order valence-corrected chi connectivity index (χ4v) is 9.72. The van der Waals surface area contributed by atoms with Gasteiger partial charge in [0.25, 0.3) is 7.82 Å². The van der Waals surface area contributed by atoms with E-state index in [1.54, 1.807) is 0 Å². The molecule has 0 aliphatic rings. The summed E-state index contributed by atoms with van der Waals surface area (Å²) in [7, 11) is 1.18. The number of hydrogen-bond donors (Lipinski definition) is 1. The van der Waals surface area contributed by atoms with Gasteiger partial charge in [-0.25, -0.2) is 0 Å². The number of nitrogens with zero attached hydrogens (tertiary/aromatic N) is 1. The van der Waals surface area contributed by atoms with Crippen molar-refractivity contribution in [3.8, 4) is 0 Å². The highest BCUT2D eigenvalue weighted by Crippen LogP contribution is 2.38. The van der Waals surface area contributed by atoms with Crippen molar-refractivity contribution in [1.29, 1.82) is 0 Å². The lowest BCUT2D eigenvalue weighted by atomic mass is 10.0. The zero-order chi connectivity index (χ0) is 55.0. The van der Waals surface area contributed by atoms with Crippen LogP contribution in [0.1, 0.15) is 290 Å². The number of likely N-dealkylation sites (N-methyl/N-ethyl adjacent to an activating group) is 1. The number of phosphoric ester groups is 1. The van der Waals surface area contributed by atoms with Crippen molar-refractivity contribution in [2.45, 2.75) is 303 Å². The number of rotatable bonds is 57. The van der Waals surface area contributed by atoms with Crippen molar-refractivity contribution in [1.82, 2.24) is 5.32 Å². The number of carbonyl (C=O) groups excluding carboxylic acids is 2. The molecule has 0 aromatic rings. The summed E-state index contributed by atoms with van der Waals surface area (Å²) < 4.78 is 30.3. The van der Waals surface area contributed by atoms with Gasteiger partial charge < -0.3 is 28.5 Å². The number of hydrogen-bond acceptors (Lipinski definition) is 7. The summed E-state index contributed by atoms with van der Waals surface area (Å²) in [5.41, 5.74) is 0. The first kappa shape index (κ1) is 72.7. The highest BCUT2D eigenvalue weighted by atomic mass is 31.2. The zero-order valence-corrected chi connectivity index (χ0v) is 50.9. The molecule has 0 fully saturated rings. The molecule has 10 heteroatoms. The Hall–Kier alpha value is -2.29. The Kier molecular flexibility index (Phi) is 53.4. The molecule has 0 heterocycles. The lowest BCUT2D eigenvalue weighted by Gasteiger charge is -2.30. The van der Waals surface area contributed by atoms with E-state index in [-0.39, 0.29) is 24.9 Å². The number of quaternary nitrogens is 1. The van der Waals surface area contributed by atoms with E-state index in [9.17, 15) is 19.0 Å². The fraction of sp³-hybridized carbons (Fsp3) is 0.815. The molecule has 0 spiro atoms. The van der Waals surface area contributed by atoms with Gasteiger partial charge in [-0.05, 0) is 96.0 Å². The Morgan fingerprint density at radius 3 is 1.27 bits per heavy atom. The van der Waals surface area contributed by atoms with E-state index < -0.39 is 26.6 Å². The number of ether oxygens (including phenoxy) is 1. The molecule has 0 saturated carbocycles. The van der Waals surface area contributed by atoms with E-state index in [2.05, 4.69) is 74.7 Å². The lowest BCUT2D eigenvalue weighted by Crippen LogP contribution is -2.47. The SMILES string of the molecule is CCCCC/C=C\C/C=C\C/C=C\CCCCCCCCCCC(=O)NC(COP(=O)([O-])OCC[N+](C)(C)C)C(/C=C\CCCCCCCCCCCCC)OC(=O)CCCCCCCCC/C=C\CCCCCC. The topological polar surface area (TPSA) is 114 Å². The lowest BCUT2D eigenvalue weighted by molar-refractivity contribution is -0.870. The Balaban J connectivity index is 5.26. The van der Waals surface area contributed by atoms with Gasteiger partial charge in [0.1, 0.15) is 19.3 Å². The standard InChI is InChI=1S/C65H121N2O7P/c1-7-10-13-16-19-22-25-28-30-31-32-33-34-35-37-39-42-45-48-51-54-57-64(68)66-62(61-73-75(70,71)72-60-59-67(4,5)6)63(56-53-50-47-44-41-38-27-24-21-18-15-12-9-3)74-65(69)58-55-52-49-46-43-40-36-29-26-23-20-17-14-11-8-2/h19,22-23,26,28,30,32-33,53,56,62-63H,7-18,20-21,24-25,27,29,31,34-52,54-55,57-61H2,1-6H3,(H-,66,68,70,71)/b22-19-,26-23-,30-28-,33-32-,56-53-. The van der Waals surface area contributed by atoms with E-state index in [1.807, 2.05) is 33.3 Å². The van der Waals surface area contributed by atoms with Crippen LogP contribution in [0, 0.1) is 0 Å². The Bertz CT molecular complexity index is 1470. The smallest absolute Gasteiger partial charge is 0.306 e. The number of nitrogens with one attached hydrogen (secondary N) is 1. The second-order valence-corrected chi connectivity index (χ2v) is 24.0. The van der Waals surface area contributed by atoms with Crippen molar-refractivity contribution in [3.63, 3.8) is 0 Å². The molecular weight excluding hydrogens is 952 g/mol. The van der Waals surface area contributed by atoms with Crippen molar-refractivity contribution in [3.05, 3.63) is 60.8 Å². The van der Waals surface area contributed by atoms with Gasteiger partial charge in [-0.15, -0.1) is 0 Å². The zero-order valence-electron chi connectivity index (χ0n) is 50.0. The fourth-order valence-electron chi connectivity index (χ4n) is 8.99. The molecule has 0 aromatic heterocycles. The van der Waals surface area contributed by atoms with E-state index in [0.29, 0.717) is 17.4 Å². The third kappa shape index (κ3) is 56.2. The molecule has 0 rings (SSSR count). The summed E-state index contributed by atoms with van der Waals surface area (Å²) in [6.07, 6.45) is 68.9. The Morgan fingerprint density at radius 2 is 0.813 bits per heavy atom. The molecule has 9 nitrogen and oxygen atoms in total. The van der Waals surface area contributed by atoms with Crippen molar-refractivity contribution >= 4 is 19.7 Å². The second-order valence-electron chi connectivity index (χ2n) is 22.6. The number of allylic oxidation sites excluding steroid dienone is 9. The van der Waals surface area contributed by atoms with Gasteiger partial charge in [-0.2, -0.15) is 0 Å². The molecule has 1 amide bonds. The predicted octanol–water partition coefficient (Wildman–Crippen LogP) is 18.8. The van der Waals surface area contributed by atoms with Crippen LogP contribution in [-0.4, -0.2) is 69.4 Å². The van der Waals surface area contributed by atoms with Crippen molar-refractivity contribution in [2.24, 2.45) is 0 Å². The summed E-state index contributed by atoms with van der Waals surface area (Å²) >= 11 is 0. The Morgan fingerprint density at radius 1 is 0.467 bits per heavy atom. The van der Waals surface area contributed by atoms with E-state index in [4.69, 9.17) is 13.8 Å².